The zero-order valence-electron chi connectivity index (χ0n) is 10.4. The summed E-state index contributed by atoms with van der Waals surface area (Å²) < 4.78 is 34.8. The maximum absolute atomic E-state index is 10.3. The average molecular weight is 329 g/mol. The van der Waals surface area contributed by atoms with Crippen LogP contribution in [0.4, 0.5) is 0 Å². The second-order valence-electron chi connectivity index (χ2n) is 3.20. The van der Waals surface area contributed by atoms with Crippen LogP contribution in [0.3, 0.4) is 0 Å². The Bertz CT molecular complexity index is 492. The van der Waals surface area contributed by atoms with E-state index < -0.39 is 10.4 Å². The molecule has 9 heteroatoms. The first-order chi connectivity index (χ1) is 8.51. The molecule has 0 aliphatic heterocycles. The molecule has 0 unspecified atom stereocenters. The topological polar surface area (TPSA) is 99.0 Å². The van der Waals surface area contributed by atoms with Crippen molar-refractivity contribution in [1.82, 2.24) is 0 Å². The van der Waals surface area contributed by atoms with Crippen molar-refractivity contribution >= 4 is 27.2 Å². The fourth-order valence-corrected chi connectivity index (χ4v) is 2.04. The van der Waals surface area contributed by atoms with Crippen LogP contribution in [0, 0.1) is 0 Å². The van der Waals surface area contributed by atoms with E-state index in [9.17, 15) is 13.0 Å². The molecule has 0 bridgehead atoms. The fraction of sp³-hybridized carbons (Fsp3) is 0.300. The Morgan fingerprint density at radius 2 is 2.00 bits per heavy atom. The van der Waals surface area contributed by atoms with E-state index in [2.05, 4.69) is 9.44 Å². The minimum Gasteiger partial charge on any atom is -0.714 e. The molecule has 0 aliphatic carbocycles. The van der Waals surface area contributed by atoms with Crippen molar-refractivity contribution in [3.05, 3.63) is 35.9 Å². The van der Waals surface area contributed by atoms with Crippen LogP contribution in [-0.4, -0.2) is 35.5 Å². The van der Waals surface area contributed by atoms with Crippen molar-refractivity contribution in [2.24, 2.45) is 5.16 Å². The molecule has 100 valence electrons. The third kappa shape index (κ3) is 9.99. The van der Waals surface area contributed by atoms with Gasteiger partial charge in [-0.25, -0.2) is 0 Å². The van der Waals surface area contributed by atoms with Gasteiger partial charge in [0.15, 0.2) is 0 Å². The SMILES string of the molecule is O=S(=O)([O-])O/N=C(/Cc1ccccc1)SCCO.[K+]. The summed E-state index contributed by atoms with van der Waals surface area (Å²) in [6.45, 7) is -0.0808. The smallest absolute Gasteiger partial charge is 0.714 e. The van der Waals surface area contributed by atoms with Gasteiger partial charge in [-0.1, -0.05) is 35.5 Å². The number of hydrogen-bond acceptors (Lipinski definition) is 7. The minimum atomic E-state index is -4.85. The summed E-state index contributed by atoms with van der Waals surface area (Å²) in [5, 5.41) is 12.3. The van der Waals surface area contributed by atoms with Gasteiger partial charge < -0.3 is 9.66 Å². The zero-order chi connectivity index (χ0) is 13.4. The number of oxime groups is 1. The monoisotopic (exact) mass is 329 g/mol. The molecule has 1 aromatic carbocycles. The van der Waals surface area contributed by atoms with Crippen LogP contribution in [0.1, 0.15) is 5.56 Å². The van der Waals surface area contributed by atoms with E-state index in [-0.39, 0.29) is 58.0 Å². The molecular weight excluding hydrogens is 317 g/mol. The van der Waals surface area contributed by atoms with Crippen molar-refractivity contribution in [2.45, 2.75) is 6.42 Å². The summed E-state index contributed by atoms with van der Waals surface area (Å²) in [7, 11) is -4.85. The number of aliphatic hydroxyl groups excluding tert-OH is 1. The van der Waals surface area contributed by atoms with Gasteiger partial charge in [0.2, 0.25) is 0 Å². The van der Waals surface area contributed by atoms with Crippen molar-refractivity contribution in [3.63, 3.8) is 0 Å². The fourth-order valence-electron chi connectivity index (χ4n) is 1.13. The summed E-state index contributed by atoms with van der Waals surface area (Å²) >= 11 is 1.13. The maximum Gasteiger partial charge on any atom is 1.00 e. The number of nitrogens with zero attached hydrogens (tertiary/aromatic N) is 1. The van der Waals surface area contributed by atoms with Gasteiger partial charge in [0, 0.05) is 12.2 Å². The van der Waals surface area contributed by atoms with E-state index >= 15 is 0 Å². The Labute approximate surface area is 159 Å². The van der Waals surface area contributed by atoms with E-state index in [0.29, 0.717) is 17.2 Å². The molecule has 0 saturated carbocycles. The van der Waals surface area contributed by atoms with Gasteiger partial charge in [-0.3, -0.25) is 4.28 Å². The molecule has 0 saturated heterocycles. The molecule has 1 aromatic rings. The van der Waals surface area contributed by atoms with E-state index in [0.717, 1.165) is 17.3 Å². The van der Waals surface area contributed by atoms with Gasteiger partial charge in [0.05, 0.1) is 6.61 Å². The molecule has 1 rings (SSSR count). The third-order valence-electron chi connectivity index (χ3n) is 1.79. The molecule has 0 spiro atoms. The van der Waals surface area contributed by atoms with Crippen LogP contribution in [-0.2, 0) is 21.1 Å². The van der Waals surface area contributed by atoms with Crippen molar-refractivity contribution < 1.29 is 73.7 Å². The van der Waals surface area contributed by atoms with Gasteiger partial charge in [-0.2, -0.15) is 8.42 Å². The van der Waals surface area contributed by atoms with Crippen LogP contribution >= 0.6 is 11.8 Å². The third-order valence-corrected chi connectivity index (χ3v) is 2.98. The Balaban J connectivity index is 0.00000324. The Kier molecular flexibility index (Phi) is 10.6. The van der Waals surface area contributed by atoms with E-state index in [4.69, 9.17) is 5.11 Å². The summed E-state index contributed by atoms with van der Waals surface area (Å²) in [5.41, 5.74) is 0.897. The average Bonchev–Trinajstić information content (AvgIpc) is 2.33. The van der Waals surface area contributed by atoms with E-state index in [1.165, 1.54) is 0 Å². The molecule has 0 amide bonds. The van der Waals surface area contributed by atoms with Crippen molar-refractivity contribution in [3.8, 4) is 0 Å². The second-order valence-corrected chi connectivity index (χ2v) is 5.34. The molecule has 0 radical (unpaired) electrons. The van der Waals surface area contributed by atoms with Crippen LogP contribution in [0.5, 0.6) is 0 Å². The Morgan fingerprint density at radius 3 is 2.53 bits per heavy atom. The standard InChI is InChI=1S/C10H13NO5S2.K/c12-6-7-17-10(11-16-18(13,14)15)8-9-4-2-1-3-5-9;/h1-5,12H,6-8H2,(H,13,14,15);/q;+1/p-1/b11-10-;. The number of hydrogen-bond donors (Lipinski definition) is 1. The number of rotatable bonds is 6. The maximum atomic E-state index is 10.3. The Hall–Kier alpha value is 0.546. The molecule has 0 heterocycles. The van der Waals surface area contributed by atoms with E-state index in [1.807, 2.05) is 30.3 Å². The molecular formula is C10H12KNO5S2. The van der Waals surface area contributed by atoms with Gasteiger partial charge in [-0.05, 0) is 5.56 Å². The molecule has 6 nitrogen and oxygen atoms in total. The van der Waals surface area contributed by atoms with Crippen LogP contribution in [0.25, 0.3) is 0 Å². The predicted octanol–water partition coefficient (Wildman–Crippen LogP) is -2.25. The van der Waals surface area contributed by atoms with Gasteiger partial charge in [0.1, 0.15) is 5.04 Å². The van der Waals surface area contributed by atoms with Crippen molar-refractivity contribution in [2.75, 3.05) is 12.4 Å². The van der Waals surface area contributed by atoms with Crippen LogP contribution < -0.4 is 51.4 Å². The summed E-state index contributed by atoms with van der Waals surface area (Å²) in [4.78, 5) is 0. The van der Waals surface area contributed by atoms with Gasteiger partial charge in [0.25, 0.3) is 10.4 Å². The molecule has 0 aromatic heterocycles. The molecule has 0 fully saturated rings. The summed E-state index contributed by atoms with van der Waals surface area (Å²) in [5.74, 6) is 0.341. The molecule has 0 atom stereocenters. The number of thioether (sulfide) groups is 1. The first-order valence-electron chi connectivity index (χ1n) is 5.00. The molecule has 19 heavy (non-hydrogen) atoms. The summed E-state index contributed by atoms with van der Waals surface area (Å²) in [6, 6.07) is 9.17. The normalized spacial score (nSPS) is 11.8. The zero-order valence-corrected chi connectivity index (χ0v) is 15.1. The largest absolute Gasteiger partial charge is 1.00 e. The van der Waals surface area contributed by atoms with Gasteiger partial charge in [-0.15, -0.1) is 11.8 Å². The van der Waals surface area contributed by atoms with Crippen LogP contribution in [0.15, 0.2) is 35.5 Å². The Morgan fingerprint density at radius 1 is 1.37 bits per heavy atom. The van der Waals surface area contributed by atoms with Crippen molar-refractivity contribution in [1.29, 1.82) is 0 Å². The first-order valence-corrected chi connectivity index (χ1v) is 7.32. The predicted molar refractivity (Wildman–Crippen MR) is 67.9 cm³/mol. The molecule has 1 N–H and O–H groups in total. The quantitative estimate of drug-likeness (QED) is 0.158. The first kappa shape index (κ1) is 19.5. The number of benzene rings is 1. The summed E-state index contributed by atoms with van der Waals surface area (Å²) in [6.07, 6.45) is 0.334. The minimum absolute atomic E-state index is 0. The number of aliphatic hydroxyl groups is 1. The second kappa shape index (κ2) is 10.3. The molecule has 0 aliphatic rings. The van der Waals surface area contributed by atoms with E-state index in [1.54, 1.807) is 0 Å². The van der Waals surface area contributed by atoms with Gasteiger partial charge >= 0.3 is 51.4 Å². The van der Waals surface area contributed by atoms with Crippen LogP contribution in [0.2, 0.25) is 0 Å².